The quantitative estimate of drug-likeness (QED) is 0.912. The molecule has 3 N–H and O–H groups in total. The van der Waals surface area contributed by atoms with Crippen LogP contribution in [0.3, 0.4) is 0 Å². The lowest BCUT2D eigenvalue weighted by atomic mass is 10.2. The lowest BCUT2D eigenvalue weighted by molar-refractivity contribution is 0.601. The Morgan fingerprint density at radius 3 is 2.60 bits per heavy atom. The van der Waals surface area contributed by atoms with Gasteiger partial charge in [0, 0.05) is 12.2 Å². The Bertz CT molecular complexity index is 730. The number of anilines is 1. The minimum Gasteiger partial charge on any atom is -0.326 e. The van der Waals surface area contributed by atoms with Crippen LogP contribution in [-0.2, 0) is 16.6 Å². The maximum Gasteiger partial charge on any atom is 0.263 e. The molecule has 0 fully saturated rings. The molecule has 2 aromatic carbocycles. The van der Waals surface area contributed by atoms with Crippen LogP contribution in [0.15, 0.2) is 47.4 Å². The second-order valence-electron chi connectivity index (χ2n) is 4.44. The van der Waals surface area contributed by atoms with E-state index >= 15 is 0 Å². The van der Waals surface area contributed by atoms with Gasteiger partial charge in [0.15, 0.2) is 0 Å². The van der Waals surface area contributed by atoms with E-state index in [1.54, 1.807) is 30.3 Å². The lowest BCUT2D eigenvalue weighted by Gasteiger charge is -2.10. The number of hydrogen-bond acceptors (Lipinski definition) is 3. The molecule has 2 rings (SSSR count). The molecule has 4 nitrogen and oxygen atoms in total. The second kappa shape index (κ2) is 5.83. The fraction of sp³-hybridized carbons (Fsp3) is 0.143. The summed E-state index contributed by atoms with van der Waals surface area (Å²) in [5.41, 5.74) is 7.75. The highest BCUT2D eigenvalue weighted by Gasteiger charge is 2.18. The molecular weight excluding hydrogens is 296 g/mol. The molecule has 0 aliphatic rings. The van der Waals surface area contributed by atoms with E-state index in [0.29, 0.717) is 12.2 Å². The van der Waals surface area contributed by atoms with Crippen molar-refractivity contribution >= 4 is 27.3 Å². The topological polar surface area (TPSA) is 72.2 Å². The van der Waals surface area contributed by atoms with E-state index in [9.17, 15) is 8.42 Å². The number of hydrogen-bond donors (Lipinski definition) is 2. The van der Waals surface area contributed by atoms with Gasteiger partial charge in [0.25, 0.3) is 10.0 Å². The van der Waals surface area contributed by atoms with Gasteiger partial charge in [0.1, 0.15) is 4.90 Å². The molecule has 6 heteroatoms. The van der Waals surface area contributed by atoms with E-state index < -0.39 is 10.0 Å². The highest BCUT2D eigenvalue weighted by Crippen LogP contribution is 2.25. The zero-order chi connectivity index (χ0) is 14.8. The number of benzene rings is 2. The maximum absolute atomic E-state index is 12.3. The predicted octanol–water partition coefficient (Wildman–Crippen LogP) is 2.91. The average molecular weight is 311 g/mol. The zero-order valence-electron chi connectivity index (χ0n) is 10.9. The summed E-state index contributed by atoms with van der Waals surface area (Å²) in [6.07, 6.45) is 0. The predicted molar refractivity (Wildman–Crippen MR) is 81.3 cm³/mol. The van der Waals surface area contributed by atoms with E-state index in [1.165, 1.54) is 6.07 Å². The summed E-state index contributed by atoms with van der Waals surface area (Å²) in [5.74, 6) is 0. The zero-order valence-corrected chi connectivity index (χ0v) is 12.5. The minimum atomic E-state index is -3.71. The molecular formula is C14H15ClN2O2S. The minimum absolute atomic E-state index is 0.0583. The van der Waals surface area contributed by atoms with Crippen molar-refractivity contribution in [3.8, 4) is 0 Å². The molecule has 0 saturated heterocycles. The van der Waals surface area contributed by atoms with E-state index in [1.807, 2.05) is 13.0 Å². The highest BCUT2D eigenvalue weighted by atomic mass is 35.5. The second-order valence-corrected chi connectivity index (χ2v) is 6.50. The third-order valence-corrected chi connectivity index (χ3v) is 4.66. The van der Waals surface area contributed by atoms with Gasteiger partial charge in [-0.1, -0.05) is 29.8 Å². The molecule has 0 amide bonds. The van der Waals surface area contributed by atoms with Gasteiger partial charge in [0.05, 0.1) is 5.02 Å². The smallest absolute Gasteiger partial charge is 0.263 e. The largest absolute Gasteiger partial charge is 0.326 e. The Balaban J connectivity index is 2.35. The van der Waals surface area contributed by atoms with Crippen LogP contribution in [0.1, 0.15) is 11.1 Å². The normalized spacial score (nSPS) is 11.3. The van der Waals surface area contributed by atoms with Crippen LogP contribution >= 0.6 is 11.6 Å². The van der Waals surface area contributed by atoms with Gasteiger partial charge in [0.2, 0.25) is 0 Å². The molecule has 0 aromatic heterocycles. The summed E-state index contributed by atoms with van der Waals surface area (Å²) in [6, 6.07) is 11.8. The van der Waals surface area contributed by atoms with Gasteiger partial charge in [-0.25, -0.2) is 8.42 Å². The molecule has 0 heterocycles. The number of aryl methyl sites for hydroxylation is 1. The third kappa shape index (κ3) is 3.30. The van der Waals surface area contributed by atoms with Crippen molar-refractivity contribution in [2.45, 2.75) is 18.4 Å². The fourth-order valence-electron chi connectivity index (χ4n) is 1.80. The number of rotatable bonds is 4. The first-order valence-corrected chi connectivity index (χ1v) is 7.86. The van der Waals surface area contributed by atoms with Crippen molar-refractivity contribution in [1.82, 2.24) is 0 Å². The molecule has 0 aliphatic heterocycles. The van der Waals surface area contributed by atoms with E-state index in [-0.39, 0.29) is 9.92 Å². The Kier molecular flexibility index (Phi) is 4.32. The lowest BCUT2D eigenvalue weighted by Crippen LogP contribution is -2.13. The summed E-state index contributed by atoms with van der Waals surface area (Å²) < 4.78 is 27.1. The monoisotopic (exact) mass is 310 g/mol. The van der Waals surface area contributed by atoms with Crippen molar-refractivity contribution in [2.24, 2.45) is 5.73 Å². The Hall–Kier alpha value is -1.56. The molecule has 0 atom stereocenters. The van der Waals surface area contributed by atoms with Crippen molar-refractivity contribution in [3.05, 3.63) is 58.6 Å². The summed E-state index contributed by atoms with van der Waals surface area (Å²) in [7, 11) is -3.71. The number of halogens is 1. The van der Waals surface area contributed by atoms with Gasteiger partial charge in [-0.05, 0) is 42.3 Å². The van der Waals surface area contributed by atoms with Crippen LogP contribution in [0.4, 0.5) is 5.69 Å². The highest BCUT2D eigenvalue weighted by molar-refractivity contribution is 7.92. The van der Waals surface area contributed by atoms with Crippen LogP contribution in [0.5, 0.6) is 0 Å². The molecule has 0 bridgehead atoms. The number of nitrogens with one attached hydrogen (secondary N) is 1. The summed E-state index contributed by atoms with van der Waals surface area (Å²) >= 11 is 6.00. The Labute approximate surface area is 123 Å². The molecule has 0 aliphatic carbocycles. The number of nitrogens with two attached hydrogens (primary N) is 1. The van der Waals surface area contributed by atoms with Gasteiger partial charge >= 0.3 is 0 Å². The molecule has 0 spiro atoms. The summed E-state index contributed by atoms with van der Waals surface area (Å²) in [5, 5.41) is 0.201. The van der Waals surface area contributed by atoms with Crippen LogP contribution < -0.4 is 10.5 Å². The van der Waals surface area contributed by atoms with Crippen LogP contribution in [-0.4, -0.2) is 8.42 Å². The molecule has 106 valence electrons. The van der Waals surface area contributed by atoms with Crippen molar-refractivity contribution in [1.29, 1.82) is 0 Å². The van der Waals surface area contributed by atoms with Gasteiger partial charge in [-0.15, -0.1) is 0 Å². The maximum atomic E-state index is 12.3. The van der Waals surface area contributed by atoms with Crippen molar-refractivity contribution in [3.63, 3.8) is 0 Å². The molecule has 20 heavy (non-hydrogen) atoms. The molecule has 0 saturated carbocycles. The summed E-state index contributed by atoms with van der Waals surface area (Å²) in [4.78, 5) is 0.0583. The van der Waals surface area contributed by atoms with E-state index in [2.05, 4.69) is 4.72 Å². The van der Waals surface area contributed by atoms with Gasteiger partial charge < -0.3 is 5.73 Å². The first-order valence-electron chi connectivity index (χ1n) is 6.00. The van der Waals surface area contributed by atoms with E-state index in [4.69, 9.17) is 17.3 Å². The van der Waals surface area contributed by atoms with Crippen molar-refractivity contribution in [2.75, 3.05) is 4.72 Å². The number of sulfonamides is 1. The Morgan fingerprint density at radius 1 is 1.20 bits per heavy atom. The first-order chi connectivity index (χ1) is 9.42. The van der Waals surface area contributed by atoms with Crippen LogP contribution in [0.2, 0.25) is 5.02 Å². The molecule has 0 unspecified atom stereocenters. The van der Waals surface area contributed by atoms with Crippen LogP contribution in [0.25, 0.3) is 0 Å². The fourth-order valence-corrected chi connectivity index (χ4v) is 3.45. The average Bonchev–Trinajstić information content (AvgIpc) is 2.37. The SMILES string of the molecule is Cc1ccc(S(=O)(=O)Nc2cccc(CN)c2)c(Cl)c1. The van der Waals surface area contributed by atoms with Crippen LogP contribution in [0, 0.1) is 6.92 Å². The summed E-state index contributed by atoms with van der Waals surface area (Å²) in [6.45, 7) is 2.20. The van der Waals surface area contributed by atoms with Gasteiger partial charge in [-0.2, -0.15) is 0 Å². The standard InChI is InChI=1S/C14H15ClN2O2S/c1-10-5-6-14(13(15)7-10)20(18,19)17-12-4-2-3-11(8-12)9-16/h2-8,17H,9,16H2,1H3. The third-order valence-electron chi connectivity index (χ3n) is 2.79. The van der Waals surface area contributed by atoms with E-state index in [0.717, 1.165) is 11.1 Å². The first kappa shape index (κ1) is 14.8. The van der Waals surface area contributed by atoms with Crippen molar-refractivity contribution < 1.29 is 8.42 Å². The molecule has 2 aromatic rings. The molecule has 0 radical (unpaired) electrons. The Morgan fingerprint density at radius 2 is 1.95 bits per heavy atom. The van der Waals surface area contributed by atoms with Gasteiger partial charge in [-0.3, -0.25) is 4.72 Å².